The van der Waals surface area contributed by atoms with Crippen molar-refractivity contribution in [3.63, 3.8) is 0 Å². The van der Waals surface area contributed by atoms with E-state index in [9.17, 15) is 22.0 Å². The van der Waals surface area contributed by atoms with Crippen molar-refractivity contribution >= 4 is 31.6 Å². The normalized spacial score (nSPS) is 12.5. The highest BCUT2D eigenvalue weighted by atomic mass is 79.9. The molecular weight excluding hydrogens is 486 g/mol. The number of carbonyl (C=O) groups excluding carboxylic acids is 1. The second-order valence-corrected chi connectivity index (χ2v) is 9.61. The Bertz CT molecular complexity index is 1210. The van der Waals surface area contributed by atoms with Gasteiger partial charge in [0.1, 0.15) is 0 Å². The van der Waals surface area contributed by atoms with Crippen molar-refractivity contribution in [3.8, 4) is 11.8 Å². The molecule has 0 saturated carbocycles. The first-order valence-corrected chi connectivity index (χ1v) is 11.5. The fraction of sp³-hybridized carbons (Fsp3) is 0.125. The van der Waals surface area contributed by atoms with Crippen LogP contribution >= 0.6 is 15.9 Å². The number of hydrogen-bond acceptors (Lipinski definition) is 3. The van der Waals surface area contributed by atoms with Crippen LogP contribution in [-0.2, 0) is 14.6 Å². The maximum atomic E-state index is 14.8. The van der Waals surface area contributed by atoms with Gasteiger partial charge in [-0.2, -0.15) is 8.78 Å². The molecule has 0 N–H and O–H groups in total. The van der Waals surface area contributed by atoms with Crippen molar-refractivity contribution in [1.82, 2.24) is 0 Å². The molecule has 0 amide bonds. The summed E-state index contributed by atoms with van der Waals surface area (Å²) in [6.45, 7) is 0. The predicted octanol–water partition coefficient (Wildman–Crippen LogP) is 5.61. The Hall–Kier alpha value is -2.82. The summed E-state index contributed by atoms with van der Waals surface area (Å²) in [6.07, 6.45) is -0.749. The fourth-order valence-electron chi connectivity index (χ4n) is 2.84. The van der Waals surface area contributed by atoms with E-state index < -0.39 is 38.1 Å². The Morgan fingerprint density at radius 3 is 2.03 bits per heavy atom. The number of benzene rings is 3. The first kappa shape index (κ1) is 22.9. The summed E-state index contributed by atoms with van der Waals surface area (Å²) in [5, 5.41) is -4.57. The molecule has 3 nitrogen and oxygen atoms in total. The highest BCUT2D eigenvalue weighted by Gasteiger charge is 2.53. The zero-order valence-electron chi connectivity index (χ0n) is 16.1. The Labute approximate surface area is 188 Å². The molecule has 0 bridgehead atoms. The number of halogens is 3. The third-order valence-electron chi connectivity index (χ3n) is 4.54. The van der Waals surface area contributed by atoms with Gasteiger partial charge in [-0.05, 0) is 42.0 Å². The monoisotopic (exact) mass is 502 g/mol. The molecular formula is C24H17BrF2O3S. The zero-order valence-corrected chi connectivity index (χ0v) is 18.5. The number of ketones is 1. The van der Waals surface area contributed by atoms with Gasteiger partial charge >= 0.3 is 5.25 Å². The van der Waals surface area contributed by atoms with Gasteiger partial charge in [0, 0.05) is 16.5 Å². The molecule has 31 heavy (non-hydrogen) atoms. The quantitative estimate of drug-likeness (QED) is 0.411. The highest BCUT2D eigenvalue weighted by molar-refractivity contribution is 9.10. The molecule has 7 heteroatoms. The molecule has 0 fully saturated rings. The average molecular weight is 503 g/mol. The first-order valence-electron chi connectivity index (χ1n) is 9.24. The number of alkyl halides is 2. The maximum Gasteiger partial charge on any atom is 0.406 e. The van der Waals surface area contributed by atoms with Crippen LogP contribution in [0.4, 0.5) is 8.78 Å². The van der Waals surface area contributed by atoms with Crippen molar-refractivity contribution < 1.29 is 22.0 Å². The van der Waals surface area contributed by atoms with Gasteiger partial charge in [-0.3, -0.25) is 4.79 Å². The second kappa shape index (κ2) is 9.54. The minimum atomic E-state index is -5.18. The lowest BCUT2D eigenvalue weighted by molar-refractivity contribution is -0.133. The minimum absolute atomic E-state index is 0.535. The molecule has 0 heterocycles. The van der Waals surface area contributed by atoms with Crippen molar-refractivity contribution in [2.24, 2.45) is 0 Å². The molecule has 0 aliphatic carbocycles. The summed E-state index contributed by atoms with van der Waals surface area (Å²) < 4.78 is 55.2. The molecule has 1 atom stereocenters. The van der Waals surface area contributed by atoms with Gasteiger partial charge in [-0.15, -0.1) is 0 Å². The molecule has 0 radical (unpaired) electrons. The van der Waals surface area contributed by atoms with E-state index in [1.54, 1.807) is 48.5 Å². The lowest BCUT2D eigenvalue weighted by Gasteiger charge is -2.18. The van der Waals surface area contributed by atoms with Gasteiger partial charge in [-0.25, -0.2) is 8.42 Å². The average Bonchev–Trinajstić information content (AvgIpc) is 2.78. The lowest BCUT2D eigenvalue weighted by atomic mass is 9.94. The number of Topliss-reactive ketones (excluding diaryl/α,β-unsaturated/α-hetero) is 1. The van der Waals surface area contributed by atoms with Crippen LogP contribution in [0.1, 0.15) is 23.5 Å². The molecule has 0 unspecified atom stereocenters. The number of hydrogen-bond donors (Lipinski definition) is 0. The third-order valence-corrected chi connectivity index (χ3v) is 6.87. The van der Waals surface area contributed by atoms with Gasteiger partial charge in [0.25, 0.3) is 9.84 Å². The largest absolute Gasteiger partial charge is 0.406 e. The van der Waals surface area contributed by atoms with E-state index in [1.165, 1.54) is 18.2 Å². The van der Waals surface area contributed by atoms with E-state index in [-0.39, 0.29) is 0 Å². The van der Waals surface area contributed by atoms with Crippen molar-refractivity contribution in [1.29, 1.82) is 0 Å². The van der Waals surface area contributed by atoms with E-state index in [0.29, 0.717) is 11.1 Å². The molecule has 3 aromatic carbocycles. The zero-order chi connectivity index (χ0) is 22.5. The molecule has 0 aliphatic rings. The van der Waals surface area contributed by atoms with Gasteiger partial charge in [0.2, 0.25) is 5.78 Å². The van der Waals surface area contributed by atoms with Crippen molar-refractivity contribution in [3.05, 3.63) is 101 Å². The van der Waals surface area contributed by atoms with Crippen LogP contribution in [0, 0.1) is 11.8 Å². The number of sulfone groups is 1. The molecule has 0 saturated heterocycles. The SMILES string of the molecule is O=C(C[C@@H](C#Cc1ccccc1)c1ccc(Br)cc1)C(F)(F)S(=O)(=O)c1ccccc1. The fourth-order valence-corrected chi connectivity index (χ4v) is 4.30. The van der Waals surface area contributed by atoms with Gasteiger partial charge in [-0.1, -0.05) is 76.3 Å². The van der Waals surface area contributed by atoms with Crippen LogP contribution in [0.5, 0.6) is 0 Å². The summed E-state index contributed by atoms with van der Waals surface area (Å²) in [5.74, 6) is 3.12. The topological polar surface area (TPSA) is 51.2 Å². The van der Waals surface area contributed by atoms with Crippen molar-refractivity contribution in [2.75, 3.05) is 0 Å². The Kier molecular flexibility index (Phi) is 7.04. The molecule has 3 aromatic rings. The Balaban J connectivity index is 1.94. The summed E-state index contributed by atoms with van der Waals surface area (Å²) in [5.41, 5.74) is 1.19. The van der Waals surface area contributed by atoms with E-state index >= 15 is 0 Å². The predicted molar refractivity (Wildman–Crippen MR) is 118 cm³/mol. The van der Waals surface area contributed by atoms with Crippen molar-refractivity contribution in [2.45, 2.75) is 22.5 Å². The molecule has 158 valence electrons. The summed E-state index contributed by atoms with van der Waals surface area (Å²) in [7, 11) is -5.18. The lowest BCUT2D eigenvalue weighted by Crippen LogP contribution is -2.38. The molecule has 0 aromatic heterocycles. The van der Waals surface area contributed by atoms with E-state index in [4.69, 9.17) is 0 Å². The van der Waals surface area contributed by atoms with Crippen LogP contribution in [0.3, 0.4) is 0 Å². The van der Waals surface area contributed by atoms with E-state index in [2.05, 4.69) is 27.8 Å². The van der Waals surface area contributed by atoms with Gasteiger partial charge < -0.3 is 0 Å². The summed E-state index contributed by atoms with van der Waals surface area (Å²) in [6, 6.07) is 21.8. The van der Waals surface area contributed by atoms with Gasteiger partial charge in [0.15, 0.2) is 0 Å². The highest BCUT2D eigenvalue weighted by Crippen LogP contribution is 2.34. The van der Waals surface area contributed by atoms with Crippen LogP contribution in [0.25, 0.3) is 0 Å². The minimum Gasteiger partial charge on any atom is -0.292 e. The maximum absolute atomic E-state index is 14.8. The van der Waals surface area contributed by atoms with Crippen LogP contribution in [0.2, 0.25) is 0 Å². The Morgan fingerprint density at radius 2 is 1.45 bits per heavy atom. The molecule has 3 rings (SSSR count). The van der Waals surface area contributed by atoms with Crippen LogP contribution in [-0.4, -0.2) is 19.5 Å². The molecule has 0 aliphatic heterocycles. The first-order chi connectivity index (χ1) is 14.7. The second-order valence-electron chi connectivity index (χ2n) is 6.70. The smallest absolute Gasteiger partial charge is 0.292 e. The van der Waals surface area contributed by atoms with Gasteiger partial charge in [0.05, 0.1) is 10.8 Å². The van der Waals surface area contributed by atoms with E-state index in [1.807, 2.05) is 6.07 Å². The Morgan fingerprint density at radius 1 is 0.903 bits per heavy atom. The summed E-state index contributed by atoms with van der Waals surface area (Å²) in [4.78, 5) is 11.9. The van der Waals surface area contributed by atoms with E-state index in [0.717, 1.165) is 16.6 Å². The standard InChI is InChI=1S/C24H17BrF2O3S/c25-21-15-13-19(14-16-21)20(12-11-18-7-3-1-4-8-18)17-23(28)24(26,27)31(29,30)22-9-5-2-6-10-22/h1-10,13-16,20H,17H2/t20-/m1/s1. The van der Waals surface area contributed by atoms with Crippen LogP contribution < -0.4 is 0 Å². The van der Waals surface area contributed by atoms with Crippen LogP contribution in [0.15, 0.2) is 94.3 Å². The summed E-state index contributed by atoms with van der Waals surface area (Å²) >= 11 is 3.30. The molecule has 0 spiro atoms. The third kappa shape index (κ3) is 5.27. The number of rotatable bonds is 6. The number of carbonyl (C=O) groups is 1.